The first-order chi connectivity index (χ1) is 14.6. The first-order valence-electron chi connectivity index (χ1n) is 9.47. The maximum Gasteiger partial charge on any atom is 0.307 e. The minimum atomic E-state index is -3.99. The molecule has 0 radical (unpaired) electrons. The van der Waals surface area contributed by atoms with Gasteiger partial charge in [0.25, 0.3) is 0 Å². The van der Waals surface area contributed by atoms with E-state index in [1.807, 2.05) is 13.8 Å². The van der Waals surface area contributed by atoms with Crippen LogP contribution in [0.25, 0.3) is 0 Å². The van der Waals surface area contributed by atoms with Crippen molar-refractivity contribution in [2.75, 3.05) is 17.6 Å². The van der Waals surface area contributed by atoms with Crippen molar-refractivity contribution in [3.63, 3.8) is 0 Å². The van der Waals surface area contributed by atoms with Crippen LogP contribution in [-0.2, 0) is 24.3 Å². The van der Waals surface area contributed by atoms with Crippen LogP contribution in [0.5, 0.6) is 5.75 Å². The molecule has 0 aromatic heterocycles. The maximum absolute atomic E-state index is 12.4. The van der Waals surface area contributed by atoms with Gasteiger partial charge in [0.1, 0.15) is 11.5 Å². The number of hydrogen-bond acceptors (Lipinski definition) is 6. The van der Waals surface area contributed by atoms with E-state index in [1.54, 1.807) is 36.4 Å². The van der Waals surface area contributed by atoms with Crippen molar-refractivity contribution in [3.8, 4) is 5.75 Å². The highest BCUT2D eigenvalue weighted by atomic mass is 35.5. The van der Waals surface area contributed by atoms with Crippen LogP contribution in [0, 0.1) is 0 Å². The Morgan fingerprint density at radius 2 is 1.71 bits per heavy atom. The molecule has 2 N–H and O–H groups in total. The highest BCUT2D eigenvalue weighted by molar-refractivity contribution is 7.93. The molecule has 0 saturated carbocycles. The Kier molecular flexibility index (Phi) is 8.70. The molecule has 2 rings (SSSR count). The number of ether oxygens (including phenoxy) is 2. The summed E-state index contributed by atoms with van der Waals surface area (Å²) in [6, 6.07) is 12.1. The number of methoxy groups -OCH3 is 1. The number of rotatable bonds is 10. The summed E-state index contributed by atoms with van der Waals surface area (Å²) in [6.45, 7) is 3.76. The molecule has 0 heterocycles. The summed E-state index contributed by atoms with van der Waals surface area (Å²) >= 11 is 6.17. The van der Waals surface area contributed by atoms with Crippen LogP contribution in [0.3, 0.4) is 0 Å². The smallest absolute Gasteiger partial charge is 0.307 e. The standard InChI is InChI=1S/C21H25ClN2O6S/c1-14(2)30-16-10-8-15(9-11-16)24-31(27,28)13-20(25)23-19(12-21(26)29-3)17-6-4-5-7-18(17)22/h4-11,14,19,24H,12-13H2,1-3H3,(H,23,25). The Labute approximate surface area is 186 Å². The van der Waals surface area contributed by atoms with Gasteiger partial charge in [-0.25, -0.2) is 8.42 Å². The van der Waals surface area contributed by atoms with Crippen molar-refractivity contribution in [1.29, 1.82) is 0 Å². The molecule has 0 aliphatic heterocycles. The maximum atomic E-state index is 12.4. The summed E-state index contributed by atoms with van der Waals surface area (Å²) in [4.78, 5) is 24.2. The van der Waals surface area contributed by atoms with Crippen LogP contribution < -0.4 is 14.8 Å². The largest absolute Gasteiger partial charge is 0.491 e. The fourth-order valence-corrected chi connectivity index (χ4v) is 4.01. The van der Waals surface area contributed by atoms with Gasteiger partial charge in [-0.15, -0.1) is 0 Å². The highest BCUT2D eigenvalue weighted by Crippen LogP contribution is 2.25. The number of nitrogens with one attached hydrogen (secondary N) is 2. The molecule has 0 saturated heterocycles. The molecule has 1 amide bonds. The van der Waals surface area contributed by atoms with Crippen molar-refractivity contribution in [1.82, 2.24) is 5.32 Å². The minimum absolute atomic E-state index is 0.0118. The average Bonchev–Trinajstić information content (AvgIpc) is 2.68. The van der Waals surface area contributed by atoms with Crippen LogP contribution in [-0.4, -0.2) is 39.3 Å². The number of benzene rings is 2. The summed E-state index contributed by atoms with van der Waals surface area (Å²) < 4.78 is 37.3. The Morgan fingerprint density at radius 1 is 1.06 bits per heavy atom. The molecule has 0 aliphatic rings. The monoisotopic (exact) mass is 468 g/mol. The fraction of sp³-hybridized carbons (Fsp3) is 0.333. The van der Waals surface area contributed by atoms with Crippen LogP contribution >= 0.6 is 11.6 Å². The normalized spacial score (nSPS) is 12.2. The van der Waals surface area contributed by atoms with Gasteiger partial charge in [0, 0.05) is 10.7 Å². The Morgan fingerprint density at radius 3 is 2.29 bits per heavy atom. The van der Waals surface area contributed by atoms with E-state index in [2.05, 4.69) is 14.8 Å². The van der Waals surface area contributed by atoms with Gasteiger partial charge in [-0.1, -0.05) is 29.8 Å². The fourth-order valence-electron chi connectivity index (χ4n) is 2.74. The van der Waals surface area contributed by atoms with E-state index >= 15 is 0 Å². The number of halogens is 1. The third-order valence-corrected chi connectivity index (χ3v) is 5.57. The zero-order chi connectivity index (χ0) is 23.0. The van der Waals surface area contributed by atoms with Crippen molar-refractivity contribution in [3.05, 3.63) is 59.1 Å². The quantitative estimate of drug-likeness (QED) is 0.517. The number of carbonyl (C=O) groups excluding carboxylic acids is 2. The molecule has 0 spiro atoms. The van der Waals surface area contributed by atoms with E-state index in [1.165, 1.54) is 19.2 Å². The lowest BCUT2D eigenvalue weighted by molar-refractivity contribution is -0.141. The van der Waals surface area contributed by atoms with E-state index < -0.39 is 33.7 Å². The molecule has 31 heavy (non-hydrogen) atoms. The van der Waals surface area contributed by atoms with E-state index in [4.69, 9.17) is 16.3 Å². The van der Waals surface area contributed by atoms with Crippen molar-refractivity contribution in [2.45, 2.75) is 32.4 Å². The topological polar surface area (TPSA) is 111 Å². The van der Waals surface area contributed by atoms with Gasteiger partial charge in [-0.05, 0) is 49.7 Å². The summed E-state index contributed by atoms with van der Waals surface area (Å²) in [7, 11) is -2.77. The third kappa shape index (κ3) is 8.10. The lowest BCUT2D eigenvalue weighted by atomic mass is 10.0. The van der Waals surface area contributed by atoms with Gasteiger partial charge in [0.2, 0.25) is 15.9 Å². The molecule has 168 valence electrons. The van der Waals surface area contributed by atoms with Gasteiger partial charge in [-0.3, -0.25) is 14.3 Å². The molecule has 0 bridgehead atoms. The lowest BCUT2D eigenvalue weighted by Crippen LogP contribution is -2.36. The van der Waals surface area contributed by atoms with Gasteiger partial charge >= 0.3 is 5.97 Å². The van der Waals surface area contributed by atoms with Crippen molar-refractivity contribution >= 4 is 39.2 Å². The number of anilines is 1. The molecule has 1 unspecified atom stereocenters. The Bertz CT molecular complexity index is 1010. The summed E-state index contributed by atoms with van der Waals surface area (Å²) in [6.07, 6.45) is -0.209. The zero-order valence-corrected chi connectivity index (χ0v) is 19.0. The molecule has 2 aromatic rings. The predicted molar refractivity (Wildman–Crippen MR) is 119 cm³/mol. The number of hydrogen-bond donors (Lipinski definition) is 2. The van der Waals surface area contributed by atoms with E-state index in [0.29, 0.717) is 22.0 Å². The zero-order valence-electron chi connectivity index (χ0n) is 17.4. The Hall–Kier alpha value is -2.78. The second kappa shape index (κ2) is 11.0. The van der Waals surface area contributed by atoms with Crippen LogP contribution in [0.15, 0.2) is 48.5 Å². The third-order valence-electron chi connectivity index (χ3n) is 4.03. The van der Waals surface area contributed by atoms with Crippen LogP contribution in [0.1, 0.15) is 31.9 Å². The van der Waals surface area contributed by atoms with E-state index in [9.17, 15) is 18.0 Å². The second-order valence-electron chi connectivity index (χ2n) is 6.97. The van der Waals surface area contributed by atoms with Gasteiger partial charge in [-0.2, -0.15) is 0 Å². The summed E-state index contributed by atoms with van der Waals surface area (Å²) in [5, 5.41) is 2.88. The lowest BCUT2D eigenvalue weighted by Gasteiger charge is -2.19. The van der Waals surface area contributed by atoms with Crippen LogP contribution in [0.4, 0.5) is 5.69 Å². The molecule has 10 heteroatoms. The summed E-state index contributed by atoms with van der Waals surface area (Å²) in [5.74, 6) is -1.60. The number of carbonyl (C=O) groups is 2. The highest BCUT2D eigenvalue weighted by Gasteiger charge is 2.24. The SMILES string of the molecule is COC(=O)CC(NC(=O)CS(=O)(=O)Nc1ccc(OC(C)C)cc1)c1ccccc1Cl. The van der Waals surface area contributed by atoms with Crippen molar-refractivity contribution < 1.29 is 27.5 Å². The first kappa shape index (κ1) is 24.5. The molecule has 8 nitrogen and oxygen atoms in total. The Balaban J connectivity index is 2.06. The molecule has 1 atom stereocenters. The molecular weight excluding hydrogens is 444 g/mol. The van der Waals surface area contributed by atoms with Gasteiger partial charge in [0.05, 0.1) is 25.7 Å². The predicted octanol–water partition coefficient (Wildman–Crippen LogP) is 3.29. The van der Waals surface area contributed by atoms with Crippen molar-refractivity contribution in [2.24, 2.45) is 0 Å². The molecular formula is C21H25ClN2O6S. The summed E-state index contributed by atoms with van der Waals surface area (Å²) in [5.41, 5.74) is 0.773. The van der Waals surface area contributed by atoms with Gasteiger partial charge in [0.15, 0.2) is 0 Å². The number of amides is 1. The van der Waals surface area contributed by atoms with E-state index in [-0.39, 0.29) is 12.5 Å². The molecule has 2 aromatic carbocycles. The molecule has 0 fully saturated rings. The van der Waals surface area contributed by atoms with E-state index in [0.717, 1.165) is 0 Å². The first-order valence-corrected chi connectivity index (χ1v) is 11.5. The minimum Gasteiger partial charge on any atom is -0.491 e. The van der Waals surface area contributed by atoms with Gasteiger partial charge < -0.3 is 14.8 Å². The number of sulfonamides is 1. The average molecular weight is 469 g/mol. The molecule has 0 aliphatic carbocycles. The van der Waals surface area contributed by atoms with Crippen LogP contribution in [0.2, 0.25) is 5.02 Å². The second-order valence-corrected chi connectivity index (χ2v) is 9.10. The number of esters is 1.